The Kier molecular flexibility index (Phi) is 2.14. The molecule has 4 heteroatoms. The molecule has 1 aromatic heterocycles. The molecule has 0 saturated carbocycles. The predicted molar refractivity (Wildman–Crippen MR) is 45.6 cm³/mol. The highest BCUT2D eigenvalue weighted by molar-refractivity contribution is 7.14. The molecule has 0 amide bonds. The number of carboxylic acids is 1. The van der Waals surface area contributed by atoms with E-state index in [1.54, 1.807) is 7.05 Å². The van der Waals surface area contributed by atoms with E-state index < -0.39 is 5.97 Å². The van der Waals surface area contributed by atoms with Crippen LogP contribution in [0.4, 0.5) is 5.69 Å². The Morgan fingerprint density at radius 1 is 1.73 bits per heavy atom. The monoisotopic (exact) mass is 171 g/mol. The summed E-state index contributed by atoms with van der Waals surface area (Å²) in [5.41, 5.74) is 0.694. The molecule has 0 aliphatic heterocycles. The Hall–Kier alpha value is -1.03. The molecule has 0 atom stereocenters. The number of aryl methyl sites for hydroxylation is 1. The molecule has 0 aliphatic carbocycles. The van der Waals surface area contributed by atoms with E-state index in [4.69, 9.17) is 5.11 Å². The molecule has 0 unspecified atom stereocenters. The number of hydrogen-bond acceptors (Lipinski definition) is 3. The molecule has 0 bridgehead atoms. The van der Waals surface area contributed by atoms with Gasteiger partial charge in [0.25, 0.3) is 0 Å². The van der Waals surface area contributed by atoms with Gasteiger partial charge in [0.05, 0.1) is 5.69 Å². The smallest absolute Gasteiger partial charge is 0.348 e. The van der Waals surface area contributed by atoms with Gasteiger partial charge in [-0.2, -0.15) is 0 Å². The van der Waals surface area contributed by atoms with Crippen molar-refractivity contribution in [2.75, 3.05) is 12.4 Å². The fourth-order valence-corrected chi connectivity index (χ4v) is 1.72. The fourth-order valence-electron chi connectivity index (χ4n) is 0.859. The number of thiophene rings is 1. The van der Waals surface area contributed by atoms with E-state index >= 15 is 0 Å². The third-order valence-corrected chi connectivity index (χ3v) is 2.36. The summed E-state index contributed by atoms with van der Waals surface area (Å²) in [4.78, 5) is 12.0. The Morgan fingerprint density at radius 2 is 2.36 bits per heavy atom. The SMILES string of the molecule is CNc1cc(C)sc1C(=O)O. The Labute approximate surface area is 68.7 Å². The topological polar surface area (TPSA) is 49.3 Å². The number of hydrogen-bond donors (Lipinski definition) is 2. The third-order valence-electron chi connectivity index (χ3n) is 1.32. The maximum atomic E-state index is 10.6. The van der Waals surface area contributed by atoms with E-state index in [0.717, 1.165) is 4.88 Å². The van der Waals surface area contributed by atoms with E-state index in [-0.39, 0.29) is 0 Å². The molecule has 11 heavy (non-hydrogen) atoms. The van der Waals surface area contributed by atoms with Crippen LogP contribution in [0.3, 0.4) is 0 Å². The summed E-state index contributed by atoms with van der Waals surface area (Å²) in [6.45, 7) is 1.89. The van der Waals surface area contributed by atoms with Crippen LogP contribution in [0.5, 0.6) is 0 Å². The number of aromatic carboxylic acids is 1. The van der Waals surface area contributed by atoms with Crippen LogP contribution in [-0.2, 0) is 0 Å². The summed E-state index contributed by atoms with van der Waals surface area (Å²) in [6.07, 6.45) is 0. The van der Waals surface area contributed by atoms with Gasteiger partial charge in [-0.1, -0.05) is 0 Å². The minimum atomic E-state index is -0.868. The molecule has 0 spiro atoms. The van der Waals surface area contributed by atoms with Crippen LogP contribution in [0.1, 0.15) is 14.5 Å². The average Bonchev–Trinajstić information content (AvgIpc) is 2.30. The van der Waals surface area contributed by atoms with Crippen molar-refractivity contribution in [3.8, 4) is 0 Å². The second-order valence-corrected chi connectivity index (χ2v) is 3.41. The number of rotatable bonds is 2. The lowest BCUT2D eigenvalue weighted by Crippen LogP contribution is -1.97. The van der Waals surface area contributed by atoms with E-state index in [0.29, 0.717) is 10.6 Å². The van der Waals surface area contributed by atoms with Crippen molar-refractivity contribution in [2.24, 2.45) is 0 Å². The average molecular weight is 171 g/mol. The van der Waals surface area contributed by atoms with Crippen molar-refractivity contribution in [3.63, 3.8) is 0 Å². The lowest BCUT2D eigenvalue weighted by molar-refractivity contribution is 0.0703. The van der Waals surface area contributed by atoms with Crippen molar-refractivity contribution in [1.29, 1.82) is 0 Å². The third kappa shape index (κ3) is 1.51. The predicted octanol–water partition coefficient (Wildman–Crippen LogP) is 1.80. The second-order valence-electron chi connectivity index (χ2n) is 2.16. The van der Waals surface area contributed by atoms with Gasteiger partial charge in [0.15, 0.2) is 0 Å². The standard InChI is InChI=1S/C7H9NO2S/c1-4-3-5(8-2)6(11-4)7(9)10/h3,8H,1-2H3,(H,9,10). The summed E-state index contributed by atoms with van der Waals surface area (Å²) < 4.78 is 0. The molecular weight excluding hydrogens is 162 g/mol. The van der Waals surface area contributed by atoms with Crippen molar-refractivity contribution >= 4 is 23.0 Å². The van der Waals surface area contributed by atoms with Gasteiger partial charge in [-0.3, -0.25) is 0 Å². The first-order valence-corrected chi connectivity index (χ1v) is 3.98. The van der Waals surface area contributed by atoms with Gasteiger partial charge < -0.3 is 10.4 Å². The number of carbonyl (C=O) groups is 1. The zero-order valence-electron chi connectivity index (χ0n) is 6.34. The van der Waals surface area contributed by atoms with Crippen LogP contribution in [0, 0.1) is 6.92 Å². The van der Waals surface area contributed by atoms with Gasteiger partial charge in [0.2, 0.25) is 0 Å². The Balaban J connectivity index is 3.12. The minimum Gasteiger partial charge on any atom is -0.477 e. The van der Waals surface area contributed by atoms with E-state index in [9.17, 15) is 4.79 Å². The zero-order chi connectivity index (χ0) is 8.43. The van der Waals surface area contributed by atoms with Gasteiger partial charge >= 0.3 is 5.97 Å². The molecule has 60 valence electrons. The first-order valence-electron chi connectivity index (χ1n) is 3.16. The lowest BCUT2D eigenvalue weighted by Gasteiger charge is -1.94. The molecular formula is C7H9NO2S. The minimum absolute atomic E-state index is 0.380. The van der Waals surface area contributed by atoms with Crippen LogP contribution in [-0.4, -0.2) is 18.1 Å². The Morgan fingerprint density at radius 3 is 2.73 bits per heavy atom. The zero-order valence-corrected chi connectivity index (χ0v) is 7.16. The maximum Gasteiger partial charge on any atom is 0.348 e. The highest BCUT2D eigenvalue weighted by Crippen LogP contribution is 2.25. The van der Waals surface area contributed by atoms with Crippen molar-refractivity contribution in [1.82, 2.24) is 0 Å². The molecule has 1 aromatic rings. The van der Waals surface area contributed by atoms with Gasteiger partial charge in [0.1, 0.15) is 4.88 Å². The van der Waals surface area contributed by atoms with Crippen LogP contribution >= 0.6 is 11.3 Å². The van der Waals surface area contributed by atoms with Crippen LogP contribution < -0.4 is 5.32 Å². The lowest BCUT2D eigenvalue weighted by atomic mass is 10.3. The highest BCUT2D eigenvalue weighted by Gasteiger charge is 2.11. The van der Waals surface area contributed by atoms with Gasteiger partial charge in [-0.25, -0.2) is 4.79 Å². The fraction of sp³-hybridized carbons (Fsp3) is 0.286. The number of carboxylic acid groups (broad SMARTS) is 1. The highest BCUT2D eigenvalue weighted by atomic mass is 32.1. The first kappa shape index (κ1) is 8.07. The van der Waals surface area contributed by atoms with Gasteiger partial charge in [-0.15, -0.1) is 11.3 Å². The van der Waals surface area contributed by atoms with Crippen molar-refractivity contribution in [2.45, 2.75) is 6.92 Å². The number of anilines is 1. The molecule has 0 aliphatic rings. The normalized spacial score (nSPS) is 9.64. The summed E-state index contributed by atoms with van der Waals surface area (Å²) in [5, 5.41) is 11.5. The quantitative estimate of drug-likeness (QED) is 0.713. The molecule has 3 nitrogen and oxygen atoms in total. The maximum absolute atomic E-state index is 10.6. The van der Waals surface area contributed by atoms with Gasteiger partial charge in [0, 0.05) is 11.9 Å². The molecule has 2 N–H and O–H groups in total. The molecule has 1 heterocycles. The largest absolute Gasteiger partial charge is 0.477 e. The van der Waals surface area contributed by atoms with Crippen LogP contribution in [0.25, 0.3) is 0 Å². The van der Waals surface area contributed by atoms with E-state index in [1.165, 1.54) is 11.3 Å². The van der Waals surface area contributed by atoms with Gasteiger partial charge in [-0.05, 0) is 13.0 Å². The molecule has 1 rings (SSSR count). The number of nitrogens with one attached hydrogen (secondary N) is 1. The summed E-state index contributed by atoms with van der Waals surface area (Å²) >= 11 is 1.28. The van der Waals surface area contributed by atoms with E-state index in [1.807, 2.05) is 13.0 Å². The Bertz CT molecular complexity index is 280. The second kappa shape index (κ2) is 2.92. The van der Waals surface area contributed by atoms with Crippen LogP contribution in [0.15, 0.2) is 6.07 Å². The molecule has 0 radical (unpaired) electrons. The summed E-state index contributed by atoms with van der Waals surface area (Å²) in [5.74, 6) is -0.868. The van der Waals surface area contributed by atoms with E-state index in [2.05, 4.69) is 5.32 Å². The molecule has 0 aromatic carbocycles. The summed E-state index contributed by atoms with van der Waals surface area (Å²) in [6, 6.07) is 1.83. The van der Waals surface area contributed by atoms with Crippen molar-refractivity contribution in [3.05, 3.63) is 15.8 Å². The summed E-state index contributed by atoms with van der Waals surface area (Å²) in [7, 11) is 1.72. The van der Waals surface area contributed by atoms with Crippen LogP contribution in [0.2, 0.25) is 0 Å². The molecule has 0 fully saturated rings. The first-order chi connectivity index (χ1) is 5.15. The molecule has 0 saturated heterocycles. The van der Waals surface area contributed by atoms with Crippen molar-refractivity contribution < 1.29 is 9.90 Å².